The van der Waals surface area contributed by atoms with E-state index >= 15 is 0 Å². The van der Waals surface area contributed by atoms with Gasteiger partial charge in [-0.15, -0.1) is 10.1 Å². The molecule has 10 nitrogen and oxygen atoms in total. The predicted octanol–water partition coefficient (Wildman–Crippen LogP) is 2.11. The largest absolute Gasteiger partial charge is 0.508 e. The van der Waals surface area contributed by atoms with Crippen molar-refractivity contribution in [3.63, 3.8) is 0 Å². The van der Waals surface area contributed by atoms with Crippen LogP contribution < -0.4 is 5.32 Å². The molecule has 0 bridgehead atoms. The highest BCUT2D eigenvalue weighted by Gasteiger charge is 2.55. The minimum absolute atomic E-state index is 0.0111. The number of oxime groups is 1. The topological polar surface area (TPSA) is 144 Å². The number of phenols is 1. The molecule has 0 saturated heterocycles. The van der Waals surface area contributed by atoms with E-state index in [9.17, 15) is 25.1 Å². The highest BCUT2D eigenvalue weighted by Crippen LogP contribution is 2.61. The van der Waals surface area contributed by atoms with Crippen LogP contribution in [0.4, 0.5) is 0 Å². The molecule has 174 valence electrons. The van der Waals surface area contributed by atoms with Gasteiger partial charge in [-0.05, 0) is 73.0 Å². The maximum absolute atomic E-state index is 11.9. The molecule has 0 spiro atoms. The Morgan fingerprint density at radius 2 is 2.19 bits per heavy atom. The Bertz CT molecular complexity index is 921. The smallest absolute Gasteiger partial charge is 0.294 e. The van der Waals surface area contributed by atoms with Crippen LogP contribution in [-0.2, 0) is 14.5 Å². The first-order valence-electron chi connectivity index (χ1n) is 11.0. The van der Waals surface area contributed by atoms with Crippen LogP contribution in [0.2, 0.25) is 0 Å². The summed E-state index contributed by atoms with van der Waals surface area (Å²) in [5.74, 6) is 0.732. The van der Waals surface area contributed by atoms with Gasteiger partial charge in [-0.25, -0.2) is 0 Å². The number of aliphatic hydroxyl groups is 1. The van der Waals surface area contributed by atoms with Crippen LogP contribution in [0, 0.1) is 27.4 Å². The molecule has 1 aromatic rings. The molecule has 5 atom stereocenters. The molecule has 0 radical (unpaired) electrons. The summed E-state index contributed by atoms with van der Waals surface area (Å²) in [5.41, 5.74) is 2.57. The van der Waals surface area contributed by atoms with Crippen molar-refractivity contribution in [1.82, 2.24) is 5.32 Å². The van der Waals surface area contributed by atoms with E-state index in [0.29, 0.717) is 29.9 Å². The molecular formula is C22H29N3O7. The summed E-state index contributed by atoms with van der Waals surface area (Å²) in [6.45, 7) is 1.61. The van der Waals surface area contributed by atoms with Crippen molar-refractivity contribution in [2.75, 3.05) is 19.8 Å². The number of hydrogen-bond donors (Lipinski definition) is 3. The van der Waals surface area contributed by atoms with Crippen LogP contribution in [0.1, 0.15) is 56.1 Å². The van der Waals surface area contributed by atoms with Gasteiger partial charge in [0.15, 0.2) is 6.61 Å². The first kappa shape index (κ1) is 22.3. The number of aromatic hydroxyl groups is 1. The minimum atomic E-state index is -0.919. The molecule has 3 N–H and O–H groups in total. The number of carbonyl (C=O) groups is 1. The lowest BCUT2D eigenvalue weighted by atomic mass is 9.55. The van der Waals surface area contributed by atoms with E-state index in [4.69, 9.17) is 4.84 Å². The third-order valence-corrected chi connectivity index (χ3v) is 7.55. The second-order valence-corrected chi connectivity index (χ2v) is 9.21. The third-order valence-electron chi connectivity index (χ3n) is 7.55. The van der Waals surface area contributed by atoms with Crippen LogP contribution >= 0.6 is 0 Å². The van der Waals surface area contributed by atoms with Gasteiger partial charge in [-0.2, -0.15) is 0 Å². The van der Waals surface area contributed by atoms with Gasteiger partial charge in [-0.1, -0.05) is 18.1 Å². The van der Waals surface area contributed by atoms with Gasteiger partial charge in [-0.3, -0.25) is 4.79 Å². The summed E-state index contributed by atoms with van der Waals surface area (Å²) in [6.07, 6.45) is 4.13. The fraction of sp³-hybridized carbons (Fsp3) is 0.636. The van der Waals surface area contributed by atoms with E-state index < -0.39 is 11.0 Å². The van der Waals surface area contributed by atoms with Crippen LogP contribution in [0.15, 0.2) is 23.4 Å². The lowest BCUT2D eigenvalue weighted by Crippen LogP contribution is -2.45. The molecule has 2 saturated carbocycles. The van der Waals surface area contributed by atoms with Gasteiger partial charge in [0.05, 0.1) is 11.8 Å². The van der Waals surface area contributed by atoms with E-state index in [1.165, 1.54) is 0 Å². The summed E-state index contributed by atoms with van der Waals surface area (Å²) in [4.78, 5) is 31.5. The van der Waals surface area contributed by atoms with E-state index in [0.717, 1.165) is 36.8 Å². The van der Waals surface area contributed by atoms with Crippen LogP contribution in [0.5, 0.6) is 5.75 Å². The SMILES string of the molecule is C[C@]12CC[C@@H]3c4ccc(O)cc4/C(=N/OCC(=O)NCCO[N+](=O)[O-])C[C@H]3[C@@H]1CC[C@@H]2O. The maximum Gasteiger partial charge on any atom is 0.294 e. The normalized spacial score (nSPS) is 31.9. The molecule has 3 aliphatic carbocycles. The monoisotopic (exact) mass is 447 g/mol. The van der Waals surface area contributed by atoms with E-state index in [1.807, 2.05) is 6.07 Å². The van der Waals surface area contributed by atoms with Crippen molar-refractivity contribution in [3.8, 4) is 5.75 Å². The summed E-state index contributed by atoms with van der Waals surface area (Å²) < 4.78 is 0. The molecule has 10 heteroatoms. The highest BCUT2D eigenvalue weighted by molar-refractivity contribution is 6.03. The van der Waals surface area contributed by atoms with Gasteiger partial charge in [0.25, 0.3) is 11.0 Å². The second-order valence-electron chi connectivity index (χ2n) is 9.21. The number of fused-ring (bicyclic) bond motifs is 5. The number of nitrogens with one attached hydrogen (secondary N) is 1. The summed E-state index contributed by atoms with van der Waals surface area (Å²) in [5, 5.41) is 36.6. The Morgan fingerprint density at radius 3 is 2.97 bits per heavy atom. The predicted molar refractivity (Wildman–Crippen MR) is 113 cm³/mol. The number of carbonyl (C=O) groups excluding carboxylic acids is 1. The first-order chi connectivity index (χ1) is 15.3. The molecule has 3 aliphatic rings. The van der Waals surface area contributed by atoms with Crippen molar-refractivity contribution in [2.24, 2.45) is 22.4 Å². The van der Waals surface area contributed by atoms with Gasteiger partial charge in [0.2, 0.25) is 0 Å². The molecule has 0 aromatic heterocycles. The zero-order valence-corrected chi connectivity index (χ0v) is 18.0. The van der Waals surface area contributed by atoms with E-state index in [-0.39, 0.29) is 37.0 Å². The maximum atomic E-state index is 11.9. The highest BCUT2D eigenvalue weighted by atomic mass is 16.9. The fourth-order valence-corrected chi connectivity index (χ4v) is 6.00. The summed E-state index contributed by atoms with van der Waals surface area (Å²) in [7, 11) is 0. The molecule has 2 fully saturated rings. The number of benzene rings is 1. The lowest BCUT2D eigenvalue weighted by Gasteiger charge is -2.50. The zero-order valence-electron chi connectivity index (χ0n) is 18.0. The molecule has 0 heterocycles. The van der Waals surface area contributed by atoms with Crippen LogP contribution in [0.3, 0.4) is 0 Å². The standard InChI is InChI=1S/C22H29N3O7/c1-22-7-6-15-14-3-2-13(26)10-17(14)19(11-16(15)18(22)4-5-20(22)27)24-31-12-21(28)23-8-9-32-25(29)30/h2-3,10,15-16,18,20,26-27H,4-9,11-12H2,1H3,(H,23,28)/b24-19+/t15-,16-,18+,20+,22+/m1/s1. The zero-order chi connectivity index (χ0) is 22.9. The average molecular weight is 447 g/mol. The number of aliphatic hydroxyl groups excluding tert-OH is 1. The Morgan fingerprint density at radius 1 is 1.38 bits per heavy atom. The molecule has 1 amide bonds. The van der Waals surface area contributed by atoms with Gasteiger partial charge in [0.1, 0.15) is 12.4 Å². The van der Waals surface area contributed by atoms with Gasteiger partial charge < -0.3 is 25.2 Å². The molecule has 32 heavy (non-hydrogen) atoms. The van der Waals surface area contributed by atoms with Crippen molar-refractivity contribution in [3.05, 3.63) is 39.4 Å². The first-order valence-corrected chi connectivity index (χ1v) is 11.0. The van der Waals surface area contributed by atoms with Crippen molar-refractivity contribution in [1.29, 1.82) is 0 Å². The Kier molecular flexibility index (Phi) is 6.23. The third kappa shape index (κ3) is 4.23. The minimum Gasteiger partial charge on any atom is -0.508 e. The van der Waals surface area contributed by atoms with Crippen LogP contribution in [0.25, 0.3) is 0 Å². The van der Waals surface area contributed by atoms with Crippen molar-refractivity contribution in [2.45, 2.75) is 51.0 Å². The van der Waals surface area contributed by atoms with E-state index in [1.54, 1.807) is 12.1 Å². The van der Waals surface area contributed by atoms with Crippen LogP contribution in [-0.4, -0.2) is 52.8 Å². The summed E-state index contributed by atoms with van der Waals surface area (Å²) in [6, 6.07) is 5.34. The number of hydrogen-bond acceptors (Lipinski definition) is 8. The number of phenolic OH excluding ortho intramolecular Hbond substituents is 1. The number of rotatable bonds is 7. The Balaban J connectivity index is 1.48. The van der Waals surface area contributed by atoms with Crippen molar-refractivity contribution < 1.29 is 29.8 Å². The average Bonchev–Trinajstić information content (AvgIpc) is 3.06. The second kappa shape index (κ2) is 8.93. The quantitative estimate of drug-likeness (QED) is 0.330. The Hall–Kier alpha value is -2.88. The van der Waals surface area contributed by atoms with Gasteiger partial charge >= 0.3 is 0 Å². The number of nitrogens with zero attached hydrogens (tertiary/aromatic N) is 2. The summed E-state index contributed by atoms with van der Waals surface area (Å²) >= 11 is 0. The Labute approximate surface area is 185 Å². The molecule has 1 aromatic carbocycles. The molecule has 0 unspecified atom stereocenters. The molecule has 4 rings (SSSR count). The lowest BCUT2D eigenvalue weighted by molar-refractivity contribution is -0.757. The molecular weight excluding hydrogens is 418 g/mol. The number of amides is 1. The van der Waals surface area contributed by atoms with E-state index in [2.05, 4.69) is 22.2 Å². The van der Waals surface area contributed by atoms with Gasteiger partial charge in [0, 0.05) is 12.1 Å². The fourth-order valence-electron chi connectivity index (χ4n) is 6.00. The van der Waals surface area contributed by atoms with Crippen molar-refractivity contribution >= 4 is 11.6 Å². The molecule has 0 aliphatic heterocycles.